The van der Waals surface area contributed by atoms with E-state index in [0.717, 1.165) is 25.7 Å². The van der Waals surface area contributed by atoms with E-state index in [9.17, 15) is 9.90 Å². The van der Waals surface area contributed by atoms with Crippen LogP contribution in [-0.2, 0) is 12.8 Å². The number of carbonyl (C=O) groups is 1. The largest absolute Gasteiger partial charge is 0.394 e. The third-order valence-corrected chi connectivity index (χ3v) is 5.15. The number of nitrogens with one attached hydrogen (secondary N) is 3. The molecule has 0 spiro atoms. The van der Waals surface area contributed by atoms with Crippen molar-refractivity contribution in [2.45, 2.75) is 45.1 Å². The summed E-state index contributed by atoms with van der Waals surface area (Å²) in [6.45, 7) is 4.62. The fraction of sp³-hybridized carbons (Fsp3) is 0.526. The molecule has 1 aliphatic carbocycles. The average Bonchev–Trinajstić information content (AvgIpc) is 3.37. The molecule has 24 heavy (non-hydrogen) atoms. The quantitative estimate of drug-likeness (QED) is 0.630. The molecule has 1 atom stereocenters. The minimum atomic E-state index is -0.499. The van der Waals surface area contributed by atoms with E-state index in [1.807, 2.05) is 13.1 Å². The minimum absolute atomic E-state index is 0.0205. The van der Waals surface area contributed by atoms with Gasteiger partial charge >= 0.3 is 6.03 Å². The molecular weight excluding hydrogens is 302 g/mol. The number of aryl methyl sites for hydroxylation is 1. The number of aromatic nitrogens is 1. The summed E-state index contributed by atoms with van der Waals surface area (Å²) in [7, 11) is 0. The molecule has 1 saturated carbocycles. The lowest BCUT2D eigenvalue weighted by Crippen LogP contribution is -2.54. The normalized spacial score (nSPS) is 16.8. The van der Waals surface area contributed by atoms with Crippen LogP contribution < -0.4 is 10.6 Å². The van der Waals surface area contributed by atoms with Crippen molar-refractivity contribution >= 4 is 16.9 Å². The second kappa shape index (κ2) is 6.85. The van der Waals surface area contributed by atoms with Crippen LogP contribution >= 0.6 is 0 Å². The molecule has 0 bridgehead atoms. The standard InChI is InChI=1S/C19H27N3O2/c1-3-13-5-4-6-16-14(11-21-17(13)16)9-10-20-18(24)22-19(2,12-23)15-7-8-15/h4-6,11,15,21,23H,3,7-10,12H2,1-2H3,(H2,20,22,24). The summed E-state index contributed by atoms with van der Waals surface area (Å²) in [4.78, 5) is 15.5. The van der Waals surface area contributed by atoms with E-state index < -0.39 is 5.54 Å². The van der Waals surface area contributed by atoms with Crippen LogP contribution in [0.4, 0.5) is 4.79 Å². The highest BCUT2D eigenvalue weighted by Crippen LogP contribution is 2.39. The van der Waals surface area contributed by atoms with Crippen LogP contribution in [0, 0.1) is 5.92 Å². The maximum atomic E-state index is 12.1. The topological polar surface area (TPSA) is 77.2 Å². The van der Waals surface area contributed by atoms with Gasteiger partial charge < -0.3 is 20.7 Å². The number of hydrogen-bond acceptors (Lipinski definition) is 2. The lowest BCUT2D eigenvalue weighted by molar-refractivity contribution is 0.155. The Balaban J connectivity index is 1.56. The highest BCUT2D eigenvalue weighted by atomic mass is 16.3. The first-order chi connectivity index (χ1) is 11.6. The van der Waals surface area contributed by atoms with Crippen LogP contribution in [0.2, 0.25) is 0 Å². The molecule has 1 aromatic carbocycles. The Labute approximate surface area is 142 Å². The molecule has 2 aromatic rings. The molecule has 1 unspecified atom stereocenters. The smallest absolute Gasteiger partial charge is 0.315 e. The Kier molecular flexibility index (Phi) is 4.81. The molecule has 0 saturated heterocycles. The minimum Gasteiger partial charge on any atom is -0.394 e. The van der Waals surface area contributed by atoms with Crippen molar-refractivity contribution in [1.29, 1.82) is 0 Å². The van der Waals surface area contributed by atoms with Gasteiger partial charge in [0.2, 0.25) is 0 Å². The van der Waals surface area contributed by atoms with Crippen LogP contribution in [0.15, 0.2) is 24.4 Å². The second-order valence-corrected chi connectivity index (χ2v) is 6.99. The molecule has 0 aliphatic heterocycles. The SMILES string of the molecule is CCc1cccc2c(CCNC(=O)NC(C)(CO)C3CC3)c[nH]c12. The number of aromatic amines is 1. The van der Waals surface area contributed by atoms with Gasteiger partial charge in [-0.2, -0.15) is 0 Å². The maximum Gasteiger partial charge on any atom is 0.315 e. The molecular formula is C19H27N3O2. The zero-order valence-electron chi connectivity index (χ0n) is 14.5. The van der Waals surface area contributed by atoms with Crippen molar-refractivity contribution in [3.63, 3.8) is 0 Å². The number of fused-ring (bicyclic) bond motifs is 1. The number of urea groups is 1. The Morgan fingerprint density at radius 2 is 2.17 bits per heavy atom. The Morgan fingerprint density at radius 3 is 2.83 bits per heavy atom. The van der Waals surface area contributed by atoms with Crippen molar-refractivity contribution < 1.29 is 9.90 Å². The zero-order valence-corrected chi connectivity index (χ0v) is 14.5. The van der Waals surface area contributed by atoms with Crippen molar-refractivity contribution in [1.82, 2.24) is 15.6 Å². The van der Waals surface area contributed by atoms with Crippen LogP contribution in [-0.4, -0.2) is 34.8 Å². The Bertz CT molecular complexity index is 720. The maximum absolute atomic E-state index is 12.1. The molecule has 0 radical (unpaired) electrons. The van der Waals surface area contributed by atoms with E-state index in [4.69, 9.17) is 0 Å². The van der Waals surface area contributed by atoms with Gasteiger partial charge in [0.1, 0.15) is 0 Å². The summed E-state index contributed by atoms with van der Waals surface area (Å²) in [6, 6.07) is 6.15. The number of benzene rings is 1. The van der Waals surface area contributed by atoms with Gasteiger partial charge in [-0.3, -0.25) is 0 Å². The average molecular weight is 329 g/mol. The van der Waals surface area contributed by atoms with E-state index >= 15 is 0 Å². The lowest BCUT2D eigenvalue weighted by Gasteiger charge is -2.28. The number of carbonyl (C=O) groups excluding carboxylic acids is 1. The predicted octanol–water partition coefficient (Wildman–Crippen LogP) is 2.73. The first kappa shape index (κ1) is 16.8. The number of amides is 2. The van der Waals surface area contributed by atoms with Gasteiger partial charge in [0, 0.05) is 23.6 Å². The number of para-hydroxylation sites is 1. The summed E-state index contributed by atoms with van der Waals surface area (Å²) >= 11 is 0. The molecule has 1 aromatic heterocycles. The van der Waals surface area contributed by atoms with Gasteiger partial charge in [0.25, 0.3) is 0 Å². The van der Waals surface area contributed by atoms with E-state index in [1.165, 1.54) is 22.0 Å². The highest BCUT2D eigenvalue weighted by molar-refractivity contribution is 5.86. The number of aliphatic hydroxyl groups excluding tert-OH is 1. The molecule has 1 fully saturated rings. The number of aliphatic hydroxyl groups is 1. The monoisotopic (exact) mass is 329 g/mol. The predicted molar refractivity (Wildman–Crippen MR) is 96.1 cm³/mol. The van der Waals surface area contributed by atoms with Crippen LogP contribution in [0.25, 0.3) is 10.9 Å². The van der Waals surface area contributed by atoms with Gasteiger partial charge in [-0.25, -0.2) is 4.79 Å². The molecule has 130 valence electrons. The van der Waals surface area contributed by atoms with Crippen LogP contribution in [0.5, 0.6) is 0 Å². The zero-order chi connectivity index (χ0) is 17.2. The number of H-pyrrole nitrogens is 1. The van der Waals surface area contributed by atoms with Gasteiger partial charge in [-0.1, -0.05) is 25.1 Å². The molecule has 1 aliphatic rings. The Hall–Kier alpha value is -2.01. The van der Waals surface area contributed by atoms with E-state index in [1.54, 1.807) is 0 Å². The van der Waals surface area contributed by atoms with Gasteiger partial charge in [0.15, 0.2) is 0 Å². The van der Waals surface area contributed by atoms with E-state index in [0.29, 0.717) is 12.5 Å². The first-order valence-corrected chi connectivity index (χ1v) is 8.82. The van der Waals surface area contributed by atoms with E-state index in [-0.39, 0.29) is 12.6 Å². The molecule has 2 amide bonds. The van der Waals surface area contributed by atoms with Gasteiger partial charge in [-0.15, -0.1) is 0 Å². The van der Waals surface area contributed by atoms with Crippen LogP contribution in [0.1, 0.15) is 37.8 Å². The number of hydrogen-bond donors (Lipinski definition) is 4. The molecule has 5 nitrogen and oxygen atoms in total. The third kappa shape index (κ3) is 3.41. The van der Waals surface area contributed by atoms with Crippen LogP contribution in [0.3, 0.4) is 0 Å². The van der Waals surface area contributed by atoms with Gasteiger partial charge in [-0.05, 0) is 49.7 Å². The van der Waals surface area contributed by atoms with E-state index in [2.05, 4.69) is 40.7 Å². The fourth-order valence-electron chi connectivity index (χ4n) is 3.38. The first-order valence-electron chi connectivity index (χ1n) is 8.82. The summed E-state index contributed by atoms with van der Waals surface area (Å²) in [6.07, 6.45) is 5.96. The summed E-state index contributed by atoms with van der Waals surface area (Å²) in [5.41, 5.74) is 3.22. The molecule has 1 heterocycles. The molecule has 3 rings (SSSR count). The van der Waals surface area contributed by atoms with Crippen molar-refractivity contribution in [2.24, 2.45) is 5.92 Å². The second-order valence-electron chi connectivity index (χ2n) is 6.99. The van der Waals surface area contributed by atoms with Crippen molar-refractivity contribution in [3.05, 3.63) is 35.5 Å². The number of rotatable bonds is 7. The van der Waals surface area contributed by atoms with Crippen molar-refractivity contribution in [2.75, 3.05) is 13.2 Å². The third-order valence-electron chi connectivity index (χ3n) is 5.15. The summed E-state index contributed by atoms with van der Waals surface area (Å²) in [5, 5.41) is 16.6. The Morgan fingerprint density at radius 1 is 1.38 bits per heavy atom. The highest BCUT2D eigenvalue weighted by Gasteiger charge is 2.42. The molecule has 4 N–H and O–H groups in total. The fourth-order valence-corrected chi connectivity index (χ4v) is 3.38. The lowest BCUT2D eigenvalue weighted by atomic mass is 9.97. The van der Waals surface area contributed by atoms with Gasteiger partial charge in [0.05, 0.1) is 12.1 Å². The summed E-state index contributed by atoms with van der Waals surface area (Å²) < 4.78 is 0. The van der Waals surface area contributed by atoms with Crippen molar-refractivity contribution in [3.8, 4) is 0 Å². The molecule has 5 heteroatoms. The summed E-state index contributed by atoms with van der Waals surface area (Å²) in [5.74, 6) is 0.398.